The lowest BCUT2D eigenvalue weighted by atomic mass is 10.2. The summed E-state index contributed by atoms with van der Waals surface area (Å²) in [6.45, 7) is 0.649. The standard InChI is InChI=1S/C12H13BrF3NOS/c13-10-5-8(6-17-9-3-4-19-7-9)1-2-11(10)18-12(14,15)16/h1-2,5,9,17H,3-4,6-7H2. The summed E-state index contributed by atoms with van der Waals surface area (Å²) in [5.41, 5.74) is 0.929. The molecule has 1 aromatic rings. The molecule has 7 heteroatoms. The van der Waals surface area contributed by atoms with E-state index in [-0.39, 0.29) is 5.75 Å². The van der Waals surface area contributed by atoms with Crippen LogP contribution in [0, 0.1) is 0 Å². The van der Waals surface area contributed by atoms with E-state index in [1.165, 1.54) is 11.8 Å². The molecule has 1 N–H and O–H groups in total. The fraction of sp³-hybridized carbons (Fsp3) is 0.500. The quantitative estimate of drug-likeness (QED) is 0.883. The lowest BCUT2D eigenvalue weighted by molar-refractivity contribution is -0.274. The van der Waals surface area contributed by atoms with Crippen molar-refractivity contribution < 1.29 is 17.9 Å². The first-order chi connectivity index (χ1) is 8.94. The molecule has 2 rings (SSSR count). The van der Waals surface area contributed by atoms with Gasteiger partial charge in [0.25, 0.3) is 0 Å². The number of benzene rings is 1. The lowest BCUT2D eigenvalue weighted by Crippen LogP contribution is -2.27. The van der Waals surface area contributed by atoms with E-state index in [1.807, 2.05) is 11.8 Å². The first kappa shape index (κ1) is 15.0. The summed E-state index contributed by atoms with van der Waals surface area (Å²) in [5, 5.41) is 3.39. The number of rotatable bonds is 4. The Hall–Kier alpha value is -0.400. The van der Waals surface area contributed by atoms with Crippen LogP contribution in [0.5, 0.6) is 5.75 Å². The third-order valence-electron chi connectivity index (χ3n) is 2.75. The maximum absolute atomic E-state index is 12.1. The number of nitrogens with one attached hydrogen (secondary N) is 1. The van der Waals surface area contributed by atoms with Gasteiger partial charge in [-0.1, -0.05) is 6.07 Å². The van der Waals surface area contributed by atoms with Gasteiger partial charge in [-0.05, 0) is 45.8 Å². The fourth-order valence-electron chi connectivity index (χ4n) is 1.82. The van der Waals surface area contributed by atoms with Gasteiger partial charge in [-0.25, -0.2) is 0 Å². The Bertz CT molecular complexity index is 435. The largest absolute Gasteiger partial charge is 0.573 e. The molecule has 106 valence electrons. The average molecular weight is 356 g/mol. The number of hydrogen-bond acceptors (Lipinski definition) is 3. The summed E-state index contributed by atoms with van der Waals surface area (Å²) in [5.74, 6) is 2.04. The molecule has 1 saturated heterocycles. The Kier molecular flexibility index (Phi) is 5.03. The van der Waals surface area contributed by atoms with E-state index in [0.717, 1.165) is 17.7 Å². The van der Waals surface area contributed by atoms with Crippen molar-refractivity contribution in [1.29, 1.82) is 0 Å². The van der Waals surface area contributed by atoms with E-state index >= 15 is 0 Å². The van der Waals surface area contributed by atoms with E-state index in [0.29, 0.717) is 17.1 Å². The molecular weight excluding hydrogens is 343 g/mol. The summed E-state index contributed by atoms with van der Waals surface area (Å²) in [4.78, 5) is 0. The minimum absolute atomic E-state index is 0.215. The first-order valence-electron chi connectivity index (χ1n) is 5.79. The molecule has 1 fully saturated rings. The highest BCUT2D eigenvalue weighted by atomic mass is 79.9. The summed E-state index contributed by atoms with van der Waals surface area (Å²) in [6, 6.07) is 5.12. The highest BCUT2D eigenvalue weighted by Crippen LogP contribution is 2.31. The molecule has 0 aromatic heterocycles. The predicted molar refractivity (Wildman–Crippen MR) is 73.4 cm³/mol. The van der Waals surface area contributed by atoms with Gasteiger partial charge >= 0.3 is 6.36 Å². The second-order valence-corrected chi connectivity index (χ2v) is 6.26. The van der Waals surface area contributed by atoms with Crippen LogP contribution in [0.2, 0.25) is 0 Å². The number of alkyl halides is 3. The van der Waals surface area contributed by atoms with Crippen molar-refractivity contribution in [3.8, 4) is 5.75 Å². The molecule has 2 nitrogen and oxygen atoms in total. The molecule has 1 heterocycles. The first-order valence-corrected chi connectivity index (χ1v) is 7.74. The summed E-state index contributed by atoms with van der Waals surface area (Å²) < 4.78 is 40.6. The number of halogens is 4. The smallest absolute Gasteiger partial charge is 0.405 e. The maximum atomic E-state index is 12.1. The third-order valence-corrected chi connectivity index (χ3v) is 4.53. The van der Waals surface area contributed by atoms with E-state index in [9.17, 15) is 13.2 Å². The molecular formula is C12H13BrF3NOS. The Morgan fingerprint density at radius 1 is 1.42 bits per heavy atom. The number of thioether (sulfide) groups is 1. The second-order valence-electron chi connectivity index (χ2n) is 4.25. The topological polar surface area (TPSA) is 21.3 Å². The van der Waals surface area contributed by atoms with Crippen LogP contribution in [0.25, 0.3) is 0 Å². The molecule has 0 amide bonds. The average Bonchev–Trinajstić information content (AvgIpc) is 2.81. The summed E-state index contributed by atoms with van der Waals surface area (Å²) in [6.07, 6.45) is -3.52. The van der Waals surface area contributed by atoms with Crippen molar-refractivity contribution in [1.82, 2.24) is 5.32 Å². The Morgan fingerprint density at radius 2 is 2.21 bits per heavy atom. The maximum Gasteiger partial charge on any atom is 0.573 e. The van der Waals surface area contributed by atoms with E-state index in [1.54, 1.807) is 12.1 Å². The Labute approximate surface area is 122 Å². The highest BCUT2D eigenvalue weighted by molar-refractivity contribution is 9.10. The van der Waals surface area contributed by atoms with Crippen molar-refractivity contribution in [3.05, 3.63) is 28.2 Å². The fourth-order valence-corrected chi connectivity index (χ4v) is 3.51. The zero-order valence-corrected chi connectivity index (χ0v) is 12.4. The minimum atomic E-state index is -4.66. The van der Waals surface area contributed by atoms with Gasteiger partial charge in [-0.15, -0.1) is 13.2 Å². The SMILES string of the molecule is FC(F)(F)Oc1ccc(CNC2CCSC2)cc1Br. The molecule has 0 saturated carbocycles. The van der Waals surface area contributed by atoms with Crippen molar-refractivity contribution in [2.45, 2.75) is 25.4 Å². The van der Waals surface area contributed by atoms with Crippen LogP contribution in [-0.4, -0.2) is 23.9 Å². The van der Waals surface area contributed by atoms with Crippen LogP contribution in [-0.2, 0) is 6.54 Å². The molecule has 0 radical (unpaired) electrons. The summed E-state index contributed by atoms with van der Waals surface area (Å²) >= 11 is 5.01. The molecule has 0 spiro atoms. The lowest BCUT2D eigenvalue weighted by Gasteiger charge is -2.13. The van der Waals surface area contributed by atoms with Crippen molar-refractivity contribution in [2.75, 3.05) is 11.5 Å². The van der Waals surface area contributed by atoms with Crippen LogP contribution in [0.15, 0.2) is 22.7 Å². The Balaban J connectivity index is 1.94. The number of ether oxygens (including phenoxy) is 1. The van der Waals surface area contributed by atoms with Crippen LogP contribution in [0.1, 0.15) is 12.0 Å². The van der Waals surface area contributed by atoms with Crippen LogP contribution in [0.3, 0.4) is 0 Å². The van der Waals surface area contributed by atoms with Gasteiger partial charge < -0.3 is 10.1 Å². The molecule has 1 aromatic carbocycles. The third kappa shape index (κ3) is 4.89. The predicted octanol–water partition coefficient (Wildman–Crippen LogP) is 3.94. The van der Waals surface area contributed by atoms with E-state index in [2.05, 4.69) is 26.0 Å². The van der Waals surface area contributed by atoms with E-state index in [4.69, 9.17) is 0 Å². The van der Waals surface area contributed by atoms with Crippen LogP contribution in [0.4, 0.5) is 13.2 Å². The molecule has 1 atom stereocenters. The Morgan fingerprint density at radius 3 is 2.79 bits per heavy atom. The van der Waals surface area contributed by atoms with Gasteiger partial charge in [0.2, 0.25) is 0 Å². The van der Waals surface area contributed by atoms with Crippen LogP contribution >= 0.6 is 27.7 Å². The minimum Gasteiger partial charge on any atom is -0.405 e. The summed E-state index contributed by atoms with van der Waals surface area (Å²) in [7, 11) is 0. The van der Waals surface area contributed by atoms with Crippen molar-refractivity contribution >= 4 is 27.7 Å². The monoisotopic (exact) mass is 355 g/mol. The molecule has 0 bridgehead atoms. The van der Waals surface area contributed by atoms with Gasteiger partial charge in [0.05, 0.1) is 4.47 Å². The molecule has 1 aliphatic rings. The number of hydrogen-bond donors (Lipinski definition) is 1. The molecule has 1 aliphatic heterocycles. The normalized spacial score (nSPS) is 19.7. The van der Waals surface area contributed by atoms with Gasteiger partial charge in [0.1, 0.15) is 5.75 Å². The highest BCUT2D eigenvalue weighted by Gasteiger charge is 2.31. The van der Waals surface area contributed by atoms with Gasteiger partial charge in [-0.2, -0.15) is 11.8 Å². The van der Waals surface area contributed by atoms with Gasteiger partial charge in [0.15, 0.2) is 0 Å². The van der Waals surface area contributed by atoms with Crippen LogP contribution < -0.4 is 10.1 Å². The molecule has 1 unspecified atom stereocenters. The van der Waals surface area contributed by atoms with Gasteiger partial charge in [0, 0.05) is 18.3 Å². The second kappa shape index (κ2) is 6.37. The van der Waals surface area contributed by atoms with Crippen molar-refractivity contribution in [3.63, 3.8) is 0 Å². The van der Waals surface area contributed by atoms with E-state index < -0.39 is 6.36 Å². The van der Waals surface area contributed by atoms with Crippen molar-refractivity contribution in [2.24, 2.45) is 0 Å². The molecule has 0 aliphatic carbocycles. The zero-order chi connectivity index (χ0) is 13.9. The zero-order valence-electron chi connectivity index (χ0n) is 9.97. The van der Waals surface area contributed by atoms with Gasteiger partial charge in [-0.3, -0.25) is 0 Å². The molecule has 19 heavy (non-hydrogen) atoms.